The largest absolute Gasteiger partial charge is 0.472 e. The Hall–Kier alpha value is -5.93. The third kappa shape index (κ3) is 87.0. The van der Waals surface area contributed by atoms with Crippen molar-refractivity contribution in [2.45, 2.75) is 315 Å². The molecule has 0 aromatic rings. The fourth-order valence-electron chi connectivity index (χ4n) is 10.9. The van der Waals surface area contributed by atoms with Crippen molar-refractivity contribution in [3.8, 4) is 0 Å². The Bertz CT molecular complexity index is 2650. The average molecular weight is 1480 g/mol. The molecule has 10 heteroatoms. The van der Waals surface area contributed by atoms with Gasteiger partial charge in [0.25, 0.3) is 0 Å². The third-order valence-corrected chi connectivity index (χ3v) is 18.2. The molecule has 596 valence electrons. The van der Waals surface area contributed by atoms with Crippen LogP contribution in [-0.2, 0) is 32.7 Å². The van der Waals surface area contributed by atoms with Crippen molar-refractivity contribution in [3.63, 3.8) is 0 Å². The monoisotopic (exact) mass is 1480 g/mol. The van der Waals surface area contributed by atoms with E-state index < -0.39 is 26.5 Å². The second kappa shape index (κ2) is 83.1. The first-order valence-electron chi connectivity index (χ1n) is 42.1. The number of allylic oxidation sites excluding steroid dienone is 38. The zero-order chi connectivity index (χ0) is 76.8. The molecule has 0 bridgehead atoms. The molecule has 2 atom stereocenters. The summed E-state index contributed by atoms with van der Waals surface area (Å²) >= 11 is 0. The maximum atomic E-state index is 12.9. The molecule has 0 saturated carbocycles. The zero-order valence-corrected chi connectivity index (χ0v) is 69.0. The summed E-state index contributed by atoms with van der Waals surface area (Å²) in [6.45, 7) is 4.18. The van der Waals surface area contributed by atoms with Crippen LogP contribution in [0, 0.1) is 0 Å². The van der Waals surface area contributed by atoms with E-state index in [4.69, 9.17) is 18.5 Å². The molecule has 0 aliphatic heterocycles. The molecule has 0 rings (SSSR count). The zero-order valence-electron chi connectivity index (χ0n) is 68.1. The van der Waals surface area contributed by atoms with Crippen molar-refractivity contribution < 1.29 is 42.1 Å². The van der Waals surface area contributed by atoms with Crippen molar-refractivity contribution in [2.75, 3.05) is 47.5 Å². The molecule has 0 aromatic carbocycles. The normalized spacial score (nSPS) is 14.2. The smallest absolute Gasteiger partial charge is 0.462 e. The van der Waals surface area contributed by atoms with E-state index in [9.17, 15) is 19.0 Å². The van der Waals surface area contributed by atoms with Crippen LogP contribution in [0.4, 0.5) is 0 Å². The molecule has 0 aromatic heterocycles. The number of hydrogen-bond acceptors (Lipinski definition) is 7. The molecular formula is C96H155NO8P+. The van der Waals surface area contributed by atoms with Gasteiger partial charge >= 0.3 is 19.8 Å². The lowest BCUT2D eigenvalue weighted by molar-refractivity contribution is -0.870. The summed E-state index contributed by atoms with van der Waals surface area (Å²) in [5.74, 6) is -0.818. The van der Waals surface area contributed by atoms with E-state index >= 15 is 0 Å². The van der Waals surface area contributed by atoms with Gasteiger partial charge in [0.05, 0.1) is 27.7 Å². The van der Waals surface area contributed by atoms with Crippen molar-refractivity contribution in [1.82, 2.24) is 0 Å². The molecule has 0 spiro atoms. The van der Waals surface area contributed by atoms with Gasteiger partial charge in [-0.25, -0.2) is 4.57 Å². The number of unbranched alkanes of at least 4 members (excludes halogenated alkanes) is 23. The Balaban J connectivity index is 4.06. The molecule has 9 nitrogen and oxygen atoms in total. The summed E-state index contributed by atoms with van der Waals surface area (Å²) < 4.78 is 34.8. The van der Waals surface area contributed by atoms with E-state index in [0.717, 1.165) is 167 Å². The van der Waals surface area contributed by atoms with E-state index in [-0.39, 0.29) is 32.0 Å². The van der Waals surface area contributed by atoms with Crippen LogP contribution in [0.5, 0.6) is 0 Å². The number of rotatable bonds is 75. The van der Waals surface area contributed by atoms with Crippen LogP contribution >= 0.6 is 7.82 Å². The van der Waals surface area contributed by atoms with E-state index in [1.807, 2.05) is 21.1 Å². The molecule has 0 radical (unpaired) electrons. The van der Waals surface area contributed by atoms with Crippen LogP contribution < -0.4 is 0 Å². The summed E-state index contributed by atoms with van der Waals surface area (Å²) in [6, 6.07) is 0. The van der Waals surface area contributed by atoms with Gasteiger partial charge in [0.2, 0.25) is 0 Å². The van der Waals surface area contributed by atoms with Crippen molar-refractivity contribution in [1.29, 1.82) is 0 Å². The predicted molar refractivity (Wildman–Crippen MR) is 463 cm³/mol. The lowest BCUT2D eigenvalue weighted by Gasteiger charge is -2.24. The number of esters is 2. The Morgan fingerprint density at radius 1 is 0.292 bits per heavy atom. The molecule has 0 saturated heterocycles. The molecular weight excluding hydrogens is 1330 g/mol. The second-order valence-corrected chi connectivity index (χ2v) is 29.8. The van der Waals surface area contributed by atoms with Crippen LogP contribution in [0.25, 0.3) is 0 Å². The standard InChI is InChI=1S/C96H154NO8P/c1-6-8-10-12-14-16-18-20-22-24-26-28-30-32-34-36-38-40-42-44-46-48-50-52-54-56-58-60-62-64-66-68-70-72-74-76-78-80-82-84-86-88-95(98)102-92-94(93-104-106(100,101)103-91-90-97(3,4)5)105-96(99)89-87-85-83-81-79-77-75-73-71-69-67-65-63-61-59-57-55-53-51-49-47-45-43-41-39-37-35-33-31-29-27-25-23-21-19-17-15-13-11-9-7-2/h8-11,14-17,20-23,26-29,32-35,38-41,44-47,50-53,57,59,63,65,69,71,94H,6-7,12-13,18-19,24-25,30-31,36-37,42-43,48-49,54-56,58,60-62,64,66-68,70,72-93H2,1-5H3/p+1/b10-8-,11-9-,16-14-,17-15-,22-20-,23-21-,28-26-,29-27-,34-32-,35-33-,40-38-,41-39-,46-44-,47-45-,52-50-,53-51-,59-57-,65-63-,71-69-. The maximum absolute atomic E-state index is 12.9. The van der Waals surface area contributed by atoms with Gasteiger partial charge in [-0.05, 0) is 161 Å². The number of phosphoric ester groups is 1. The fourth-order valence-corrected chi connectivity index (χ4v) is 11.6. The minimum absolute atomic E-state index is 0.0193. The Morgan fingerprint density at radius 3 is 0.755 bits per heavy atom. The summed E-state index contributed by atoms with van der Waals surface area (Å²) in [7, 11) is 1.45. The lowest BCUT2D eigenvalue weighted by atomic mass is 10.0. The number of carbonyl (C=O) groups is 2. The first-order valence-corrected chi connectivity index (χ1v) is 43.6. The highest BCUT2D eigenvalue weighted by Gasteiger charge is 2.27. The van der Waals surface area contributed by atoms with Gasteiger partial charge in [-0.15, -0.1) is 0 Å². The maximum Gasteiger partial charge on any atom is 0.472 e. The number of ether oxygens (including phenoxy) is 2. The second-order valence-electron chi connectivity index (χ2n) is 28.4. The summed E-state index contributed by atoms with van der Waals surface area (Å²) in [6.07, 6.45) is 133. The van der Waals surface area contributed by atoms with Gasteiger partial charge in [-0.1, -0.05) is 367 Å². The van der Waals surface area contributed by atoms with Crippen LogP contribution in [0.2, 0.25) is 0 Å². The lowest BCUT2D eigenvalue weighted by Crippen LogP contribution is -2.37. The highest BCUT2D eigenvalue weighted by Crippen LogP contribution is 2.43. The van der Waals surface area contributed by atoms with E-state index in [1.54, 1.807) is 0 Å². The van der Waals surface area contributed by atoms with Gasteiger partial charge in [-0.3, -0.25) is 18.6 Å². The van der Waals surface area contributed by atoms with Crippen LogP contribution in [-0.4, -0.2) is 74.9 Å². The molecule has 0 aliphatic rings. The fraction of sp³-hybridized carbons (Fsp3) is 0.583. The quantitative estimate of drug-likeness (QED) is 0.0211. The molecule has 0 aliphatic carbocycles. The number of hydrogen-bond donors (Lipinski definition) is 1. The summed E-state index contributed by atoms with van der Waals surface area (Å²) in [4.78, 5) is 36.0. The molecule has 0 fully saturated rings. The first-order chi connectivity index (χ1) is 52.0. The Labute approximate surface area is 651 Å². The van der Waals surface area contributed by atoms with Crippen molar-refractivity contribution in [2.24, 2.45) is 0 Å². The Kier molecular flexibility index (Phi) is 78.5. The highest BCUT2D eigenvalue weighted by atomic mass is 31.2. The van der Waals surface area contributed by atoms with Crippen molar-refractivity contribution >= 4 is 19.8 Å². The minimum Gasteiger partial charge on any atom is -0.462 e. The minimum atomic E-state index is -4.42. The van der Waals surface area contributed by atoms with Crippen molar-refractivity contribution in [3.05, 3.63) is 231 Å². The molecule has 106 heavy (non-hydrogen) atoms. The molecule has 1 N–H and O–H groups in total. The number of likely N-dealkylation sites (N-methyl/N-ethyl adjacent to an activating group) is 1. The summed E-state index contributed by atoms with van der Waals surface area (Å²) in [5.41, 5.74) is 0. The Morgan fingerprint density at radius 2 is 0.509 bits per heavy atom. The SMILES string of the molecule is CC/C=C\C/C=C\C/C=C\C/C=C\C/C=C\C/C=C\C/C=C\C/C=C\C/C=C\C/C=C\C/C=C\CCCCCCCCCC(=O)OC(COC(=O)CCCCCCCCCCCCCCCCCC/C=C\C/C=C\C/C=C\C/C=C\C/C=C\C/C=C\C/C=C\C/C=C\CC)COP(=O)(O)OCC[N+](C)(C)C. The molecule has 0 amide bonds. The van der Waals surface area contributed by atoms with Crippen LogP contribution in [0.15, 0.2) is 231 Å². The van der Waals surface area contributed by atoms with E-state index in [2.05, 4.69) is 245 Å². The van der Waals surface area contributed by atoms with Crippen LogP contribution in [0.1, 0.15) is 309 Å². The van der Waals surface area contributed by atoms with Gasteiger partial charge in [0, 0.05) is 12.8 Å². The van der Waals surface area contributed by atoms with E-state index in [0.29, 0.717) is 17.4 Å². The molecule has 0 heterocycles. The van der Waals surface area contributed by atoms with Crippen LogP contribution in [0.3, 0.4) is 0 Å². The number of nitrogens with zero attached hydrogens (tertiary/aromatic N) is 1. The van der Waals surface area contributed by atoms with Gasteiger partial charge in [0.1, 0.15) is 19.8 Å². The number of quaternary nitrogens is 1. The third-order valence-electron chi connectivity index (χ3n) is 17.2. The van der Waals surface area contributed by atoms with Gasteiger partial charge in [0.15, 0.2) is 6.10 Å². The van der Waals surface area contributed by atoms with Gasteiger partial charge in [-0.2, -0.15) is 0 Å². The predicted octanol–water partition coefficient (Wildman–Crippen LogP) is 28.8. The van der Waals surface area contributed by atoms with E-state index in [1.165, 1.54) is 109 Å². The first kappa shape index (κ1) is 100. The molecule has 2 unspecified atom stereocenters. The topological polar surface area (TPSA) is 108 Å². The van der Waals surface area contributed by atoms with Gasteiger partial charge < -0.3 is 18.9 Å². The average Bonchev–Trinajstić information content (AvgIpc) is 0.908. The summed E-state index contributed by atoms with van der Waals surface area (Å²) in [5, 5.41) is 0. The number of phosphoric acid groups is 1. The number of carbonyl (C=O) groups excluding carboxylic acids is 2. The highest BCUT2D eigenvalue weighted by molar-refractivity contribution is 7.47.